The fourth-order valence-electron chi connectivity index (χ4n) is 4.41. The average molecular weight is 745 g/mol. The molecule has 0 aliphatic rings. The predicted octanol–water partition coefficient (Wildman–Crippen LogP) is 5.80. The second-order valence-corrected chi connectivity index (χ2v) is 10.3. The molecule has 3 aromatic heterocycles. The molecule has 0 radical (unpaired) electrons. The number of amides is 3. The van der Waals surface area contributed by atoms with Crippen molar-refractivity contribution in [3.8, 4) is 22.9 Å². The minimum atomic E-state index is -0.621. The van der Waals surface area contributed by atoms with E-state index in [0.29, 0.717) is 52.6 Å². The van der Waals surface area contributed by atoms with Gasteiger partial charge in [-0.25, -0.2) is 15.0 Å². The summed E-state index contributed by atoms with van der Waals surface area (Å²) in [5.41, 5.74) is 8.98. The Hall–Kier alpha value is -6.00. The van der Waals surface area contributed by atoms with Gasteiger partial charge in [-0.3, -0.25) is 23.9 Å². The van der Waals surface area contributed by atoms with Crippen molar-refractivity contribution >= 4 is 63.7 Å². The van der Waals surface area contributed by atoms with Gasteiger partial charge in [0.05, 0.1) is 66.4 Å². The molecule has 0 unspecified atom stereocenters. The zero-order valence-electron chi connectivity index (χ0n) is 29.4. The maximum Gasteiger partial charge on any atom is 0.254 e. The first kappa shape index (κ1) is 39.4. The number of nitrogens with one attached hydrogen (secondary N) is 5. The van der Waals surface area contributed by atoms with E-state index in [1.165, 1.54) is 46.3 Å². The summed E-state index contributed by atoms with van der Waals surface area (Å²) in [4.78, 5) is 47.5. The molecule has 0 saturated carbocycles. The molecule has 0 saturated heterocycles. The van der Waals surface area contributed by atoms with Gasteiger partial charge >= 0.3 is 0 Å². The third-order valence-corrected chi connectivity index (χ3v) is 7.01. The lowest BCUT2D eigenvalue weighted by Crippen LogP contribution is -2.19. The number of anilines is 4. The maximum absolute atomic E-state index is 12.1. The molecule has 18 heteroatoms. The number of nitrogens with zero attached hydrogens (tertiary/aromatic N) is 4. The highest BCUT2D eigenvalue weighted by molar-refractivity contribution is 6.30. The summed E-state index contributed by atoms with van der Waals surface area (Å²) < 4.78 is 26.0. The Bertz CT molecular complexity index is 1960. The van der Waals surface area contributed by atoms with Crippen LogP contribution < -0.4 is 36.5 Å². The zero-order chi connectivity index (χ0) is 38.8. The van der Waals surface area contributed by atoms with Crippen LogP contribution in [0.25, 0.3) is 11.4 Å². The predicted molar refractivity (Wildman–Crippen MR) is 195 cm³/mol. The van der Waals surface area contributed by atoms with E-state index in [4.69, 9.17) is 39.8 Å². The van der Waals surface area contributed by atoms with E-state index in [1.54, 1.807) is 38.4 Å². The van der Waals surface area contributed by atoms with E-state index in [-0.39, 0.29) is 33.4 Å². The molecule has 5 rings (SSSR count). The number of ether oxygens (including phenoxy) is 2. The highest BCUT2D eigenvalue weighted by Gasteiger charge is 2.18. The Kier molecular flexibility index (Phi) is 15.4. The lowest BCUT2D eigenvalue weighted by atomic mass is 10.1. The molecular formula is C33H37Cl2FN10O5. The molecule has 51 heavy (non-hydrogen) atoms. The van der Waals surface area contributed by atoms with Crippen molar-refractivity contribution in [3.63, 3.8) is 0 Å². The summed E-state index contributed by atoms with van der Waals surface area (Å²) in [6, 6.07) is 13.5. The number of pyridine rings is 2. The summed E-state index contributed by atoms with van der Waals surface area (Å²) >= 11 is 11.9. The number of rotatable bonds is 10. The Morgan fingerprint density at radius 3 is 1.71 bits per heavy atom. The first-order valence-corrected chi connectivity index (χ1v) is 15.0. The summed E-state index contributed by atoms with van der Waals surface area (Å²) in [5.74, 6) is 0.161. The molecule has 7 N–H and O–H groups in total. The quantitative estimate of drug-likeness (QED) is 0.0941. The Balaban J connectivity index is 0.000000330. The number of benzene rings is 2. The number of primary amides is 1. The molecule has 5 aromatic rings. The van der Waals surface area contributed by atoms with Gasteiger partial charge in [0.25, 0.3) is 17.7 Å². The zero-order valence-corrected chi connectivity index (χ0v) is 29.9. The first-order chi connectivity index (χ1) is 25.1. The summed E-state index contributed by atoms with van der Waals surface area (Å²) in [5, 5.41) is 18.4. The molecule has 3 amide bonds. The summed E-state index contributed by atoms with van der Waals surface area (Å²) in [7, 11) is 7.78. The van der Waals surface area contributed by atoms with Crippen LogP contribution in [0.1, 0.15) is 39.8 Å². The molecule has 270 valence electrons. The summed E-state index contributed by atoms with van der Waals surface area (Å²) in [6.45, 7) is 0. The van der Waals surface area contributed by atoms with Crippen LogP contribution in [0.5, 0.6) is 11.5 Å². The highest BCUT2D eigenvalue weighted by Crippen LogP contribution is 2.37. The number of halogens is 3. The van der Waals surface area contributed by atoms with Gasteiger partial charge in [-0.05, 0) is 36.4 Å². The van der Waals surface area contributed by atoms with Crippen LogP contribution >= 0.6 is 23.2 Å². The van der Waals surface area contributed by atoms with Crippen molar-refractivity contribution in [3.05, 3.63) is 94.2 Å². The van der Waals surface area contributed by atoms with Crippen LogP contribution in [0, 0.1) is 0 Å². The minimum Gasteiger partial charge on any atom is -0.494 e. The highest BCUT2D eigenvalue weighted by atomic mass is 35.5. The van der Waals surface area contributed by atoms with Crippen LogP contribution in [0.2, 0.25) is 10.3 Å². The van der Waals surface area contributed by atoms with Gasteiger partial charge in [-0.1, -0.05) is 42.7 Å². The number of nitrogens with two attached hydrogens (primary N) is 1. The number of aromatic nitrogens is 5. The second kappa shape index (κ2) is 19.9. The normalized spacial score (nSPS) is 9.86. The molecule has 0 aliphatic heterocycles. The lowest BCUT2D eigenvalue weighted by molar-refractivity contribution is 0.0955. The number of carbonyl (C=O) groups excluding carboxylic acids is 3. The van der Waals surface area contributed by atoms with Gasteiger partial charge in [-0.2, -0.15) is 5.10 Å². The number of carbonyl (C=O) groups is 3. The SMILES string of the molecule is CF.CNC(=O)c1cnc(Cl)cc1Nc1cccc(-c2ncn[nH]2)c1OC.CNC(=O)c1cnc(Cl)cc1Nc1cccc(C(N)=O)c1OC.[2H]C. The Morgan fingerprint density at radius 2 is 1.27 bits per heavy atom. The maximum atomic E-state index is 12.1. The largest absolute Gasteiger partial charge is 0.494 e. The number of hydrogen-bond acceptors (Lipinski definition) is 11. The minimum absolute atomic E-state index is 0.213. The molecule has 2 aromatic carbocycles. The summed E-state index contributed by atoms with van der Waals surface area (Å²) in [6.07, 6.45) is 4.19. The van der Waals surface area contributed by atoms with Crippen LogP contribution in [0.4, 0.5) is 27.1 Å². The van der Waals surface area contributed by atoms with Crippen molar-refractivity contribution in [2.75, 3.05) is 46.1 Å². The third kappa shape index (κ3) is 10.3. The number of H-pyrrole nitrogens is 1. The van der Waals surface area contributed by atoms with Crippen LogP contribution in [-0.4, -0.2) is 78.4 Å². The molecule has 0 spiro atoms. The average Bonchev–Trinajstić information content (AvgIpc) is 3.71. The molecule has 0 aliphatic carbocycles. The standard InChI is InChI=1S/C16H15ClN6O2.C15H15ClN4O3.CH3F.CH4/c1-18-16(24)10-7-19-13(17)6-12(10)22-11-5-3-4-9(14(11)25-2)15-20-8-21-23-15;1-18-15(22)9-7-19-12(16)6-11(9)20-10-5-3-4-8(14(17)21)13(10)23-2;1-2;/h3-8H,1-2H3,(H,18,24)(H,19,22)(H,20,21,23);3-7H,1-2H3,(H2,17,21)(H,18,22)(H,19,20);1H3;1H4/i;;;1D. The molecule has 0 atom stereocenters. The van der Waals surface area contributed by atoms with E-state index in [1.807, 2.05) is 18.2 Å². The van der Waals surface area contributed by atoms with Gasteiger partial charge in [0.2, 0.25) is 0 Å². The van der Waals surface area contributed by atoms with Gasteiger partial charge in [0, 0.05) is 27.9 Å². The number of methoxy groups -OCH3 is 2. The lowest BCUT2D eigenvalue weighted by Gasteiger charge is -2.16. The number of para-hydroxylation sites is 2. The van der Waals surface area contributed by atoms with Gasteiger partial charge in [0.15, 0.2) is 17.3 Å². The second-order valence-electron chi connectivity index (χ2n) is 9.48. The molecule has 0 fully saturated rings. The van der Waals surface area contributed by atoms with Crippen molar-refractivity contribution in [2.24, 2.45) is 5.73 Å². The molecule has 3 heterocycles. The van der Waals surface area contributed by atoms with Gasteiger partial charge < -0.3 is 36.5 Å². The molecular weight excluding hydrogens is 706 g/mol. The van der Waals surface area contributed by atoms with Crippen LogP contribution in [0.15, 0.2) is 67.3 Å². The van der Waals surface area contributed by atoms with Gasteiger partial charge in [-0.15, -0.1) is 0 Å². The fourth-order valence-corrected chi connectivity index (χ4v) is 4.73. The number of aromatic amines is 1. The van der Waals surface area contributed by atoms with E-state index in [9.17, 15) is 18.8 Å². The van der Waals surface area contributed by atoms with E-state index >= 15 is 0 Å². The van der Waals surface area contributed by atoms with Gasteiger partial charge in [0.1, 0.15) is 16.6 Å². The Morgan fingerprint density at radius 1 is 0.784 bits per heavy atom. The van der Waals surface area contributed by atoms with Crippen LogP contribution in [-0.2, 0) is 0 Å². The topological polar surface area (TPSA) is 211 Å². The van der Waals surface area contributed by atoms with E-state index < -0.39 is 5.91 Å². The monoisotopic (exact) mass is 743 g/mol. The molecule has 15 nitrogen and oxygen atoms in total. The van der Waals surface area contributed by atoms with Crippen molar-refractivity contribution in [1.29, 1.82) is 0 Å². The van der Waals surface area contributed by atoms with Crippen molar-refractivity contribution < 1.29 is 29.6 Å². The smallest absolute Gasteiger partial charge is 0.254 e. The van der Waals surface area contributed by atoms with E-state index in [2.05, 4.69) is 46.4 Å². The van der Waals surface area contributed by atoms with Crippen LogP contribution in [0.3, 0.4) is 0 Å². The molecule has 0 bridgehead atoms. The third-order valence-electron chi connectivity index (χ3n) is 6.60. The Labute approximate surface area is 304 Å². The first-order valence-electron chi connectivity index (χ1n) is 15.3. The number of alkyl halides is 1. The van der Waals surface area contributed by atoms with E-state index in [0.717, 1.165) is 5.56 Å². The van der Waals surface area contributed by atoms with Crippen molar-refractivity contribution in [1.82, 2.24) is 35.8 Å². The number of hydrogen-bond donors (Lipinski definition) is 6. The fraction of sp³-hybridized carbons (Fsp3) is 0.182. The van der Waals surface area contributed by atoms with Crippen molar-refractivity contribution in [2.45, 2.75) is 7.40 Å².